The van der Waals surface area contributed by atoms with Crippen LogP contribution in [-0.4, -0.2) is 25.5 Å². The highest BCUT2D eigenvalue weighted by molar-refractivity contribution is 7.11. The van der Waals surface area contributed by atoms with E-state index in [4.69, 9.17) is 0 Å². The van der Waals surface area contributed by atoms with Crippen LogP contribution in [0.2, 0.25) is 0 Å². The van der Waals surface area contributed by atoms with Crippen LogP contribution in [0.3, 0.4) is 0 Å². The zero-order valence-corrected chi connectivity index (χ0v) is 11.1. The van der Waals surface area contributed by atoms with Gasteiger partial charge in [-0.3, -0.25) is 0 Å². The third-order valence-corrected chi connectivity index (χ3v) is 3.44. The van der Waals surface area contributed by atoms with Crippen molar-refractivity contribution in [2.75, 3.05) is 20.6 Å². The van der Waals surface area contributed by atoms with Crippen LogP contribution in [0.4, 0.5) is 0 Å². The van der Waals surface area contributed by atoms with Gasteiger partial charge in [0.25, 0.3) is 0 Å². The lowest BCUT2D eigenvalue weighted by Crippen LogP contribution is -2.11. The quantitative estimate of drug-likeness (QED) is 0.790. The highest BCUT2D eigenvalue weighted by Crippen LogP contribution is 2.26. The van der Waals surface area contributed by atoms with Crippen LogP contribution in [0.1, 0.15) is 10.4 Å². The van der Waals surface area contributed by atoms with Crippen LogP contribution in [-0.2, 0) is 0 Å². The third kappa shape index (κ3) is 3.29. The van der Waals surface area contributed by atoms with Gasteiger partial charge in [-0.05, 0) is 36.7 Å². The van der Waals surface area contributed by atoms with Crippen LogP contribution in [0.15, 0.2) is 53.9 Å². The molecule has 1 heterocycles. The Bertz CT molecular complexity index is 469. The van der Waals surface area contributed by atoms with Gasteiger partial charge in [0.05, 0.1) is 0 Å². The Morgan fingerprint density at radius 3 is 2.47 bits per heavy atom. The van der Waals surface area contributed by atoms with E-state index in [2.05, 4.69) is 72.9 Å². The summed E-state index contributed by atoms with van der Waals surface area (Å²) in [5.41, 5.74) is 2.62. The molecule has 17 heavy (non-hydrogen) atoms. The molecule has 0 aliphatic rings. The van der Waals surface area contributed by atoms with Crippen molar-refractivity contribution in [3.8, 4) is 0 Å². The standard InChI is InChI=1S/C15H17NS/c1-16(2)11-10-14(15-9-6-12-17-15)13-7-4-3-5-8-13/h3-10,12H,11H2,1-2H3/b14-10+. The van der Waals surface area contributed by atoms with Crippen molar-refractivity contribution in [2.45, 2.75) is 0 Å². The number of rotatable bonds is 4. The molecule has 0 N–H and O–H groups in total. The predicted octanol–water partition coefficient (Wildman–Crippen LogP) is 3.74. The normalized spacial score (nSPS) is 12.1. The Balaban J connectivity index is 2.35. The number of nitrogens with zero attached hydrogens (tertiary/aromatic N) is 1. The van der Waals surface area contributed by atoms with Crippen molar-refractivity contribution >= 4 is 16.9 Å². The van der Waals surface area contributed by atoms with E-state index in [1.165, 1.54) is 16.0 Å². The van der Waals surface area contributed by atoms with Gasteiger partial charge in [0.1, 0.15) is 0 Å². The first-order valence-corrected chi connectivity index (χ1v) is 6.59. The minimum absolute atomic E-state index is 0.960. The van der Waals surface area contributed by atoms with Gasteiger partial charge in [0.2, 0.25) is 0 Å². The lowest BCUT2D eigenvalue weighted by Gasteiger charge is -2.09. The molecule has 1 aromatic carbocycles. The zero-order chi connectivity index (χ0) is 12.1. The van der Waals surface area contributed by atoms with Gasteiger partial charge in [-0.15, -0.1) is 11.3 Å². The lowest BCUT2D eigenvalue weighted by atomic mass is 10.0. The van der Waals surface area contributed by atoms with Crippen molar-refractivity contribution in [1.29, 1.82) is 0 Å². The molecule has 88 valence electrons. The molecule has 0 aliphatic heterocycles. The fourth-order valence-corrected chi connectivity index (χ4v) is 2.47. The zero-order valence-electron chi connectivity index (χ0n) is 10.3. The maximum absolute atomic E-state index is 2.29. The molecule has 0 saturated carbocycles. The van der Waals surface area contributed by atoms with Gasteiger partial charge in [-0.2, -0.15) is 0 Å². The molecule has 0 amide bonds. The van der Waals surface area contributed by atoms with E-state index in [0.29, 0.717) is 0 Å². The topological polar surface area (TPSA) is 3.24 Å². The van der Waals surface area contributed by atoms with Crippen molar-refractivity contribution < 1.29 is 0 Å². The fraction of sp³-hybridized carbons (Fsp3) is 0.200. The summed E-state index contributed by atoms with van der Waals surface area (Å²) in [5, 5.41) is 2.13. The van der Waals surface area contributed by atoms with E-state index in [9.17, 15) is 0 Å². The molecule has 1 aromatic heterocycles. The van der Waals surface area contributed by atoms with E-state index in [1.54, 1.807) is 11.3 Å². The molecule has 0 saturated heterocycles. The first kappa shape index (κ1) is 12.1. The van der Waals surface area contributed by atoms with Gasteiger partial charge in [-0.25, -0.2) is 0 Å². The molecule has 0 atom stereocenters. The molecule has 2 aromatic rings. The van der Waals surface area contributed by atoms with Crippen LogP contribution >= 0.6 is 11.3 Å². The van der Waals surface area contributed by atoms with Crippen molar-refractivity contribution in [1.82, 2.24) is 4.90 Å². The molecule has 2 rings (SSSR count). The largest absolute Gasteiger partial charge is 0.306 e. The molecular weight excluding hydrogens is 226 g/mol. The summed E-state index contributed by atoms with van der Waals surface area (Å²) < 4.78 is 0. The second kappa shape index (κ2) is 5.80. The summed E-state index contributed by atoms with van der Waals surface area (Å²) in [6.45, 7) is 0.960. The van der Waals surface area contributed by atoms with Crippen LogP contribution in [0.5, 0.6) is 0 Å². The van der Waals surface area contributed by atoms with Crippen LogP contribution in [0.25, 0.3) is 5.57 Å². The van der Waals surface area contributed by atoms with Crippen LogP contribution in [0, 0.1) is 0 Å². The molecule has 0 fully saturated rings. The molecule has 0 bridgehead atoms. The average Bonchev–Trinajstić information content (AvgIpc) is 2.84. The van der Waals surface area contributed by atoms with Gasteiger partial charge in [0, 0.05) is 11.4 Å². The van der Waals surface area contributed by atoms with Crippen molar-refractivity contribution in [2.24, 2.45) is 0 Å². The molecule has 0 radical (unpaired) electrons. The average molecular weight is 243 g/mol. The Morgan fingerprint density at radius 2 is 1.88 bits per heavy atom. The van der Waals surface area contributed by atoms with E-state index in [-0.39, 0.29) is 0 Å². The highest BCUT2D eigenvalue weighted by atomic mass is 32.1. The second-order valence-corrected chi connectivity index (χ2v) is 5.17. The number of hydrogen-bond donors (Lipinski definition) is 0. The number of likely N-dealkylation sites (N-methyl/N-ethyl adjacent to an activating group) is 1. The maximum Gasteiger partial charge on any atom is 0.0345 e. The summed E-state index contributed by atoms with van der Waals surface area (Å²) >= 11 is 1.79. The Labute approximate surface area is 107 Å². The van der Waals surface area contributed by atoms with Gasteiger partial charge < -0.3 is 4.90 Å². The molecule has 0 unspecified atom stereocenters. The molecule has 0 spiro atoms. The summed E-state index contributed by atoms with van der Waals surface area (Å²) in [7, 11) is 4.18. The monoisotopic (exact) mass is 243 g/mol. The van der Waals surface area contributed by atoms with E-state index in [1.807, 2.05) is 0 Å². The van der Waals surface area contributed by atoms with E-state index >= 15 is 0 Å². The van der Waals surface area contributed by atoms with E-state index in [0.717, 1.165) is 6.54 Å². The summed E-state index contributed by atoms with van der Waals surface area (Å²) in [6, 6.07) is 14.9. The third-order valence-electron chi connectivity index (χ3n) is 2.53. The summed E-state index contributed by atoms with van der Waals surface area (Å²) in [6.07, 6.45) is 2.29. The number of thiophene rings is 1. The predicted molar refractivity (Wildman–Crippen MR) is 76.4 cm³/mol. The molecular formula is C15H17NS. The second-order valence-electron chi connectivity index (χ2n) is 4.22. The first-order valence-electron chi connectivity index (χ1n) is 5.71. The van der Waals surface area contributed by atoms with Crippen molar-refractivity contribution in [3.63, 3.8) is 0 Å². The molecule has 2 heteroatoms. The maximum atomic E-state index is 2.29. The Hall–Kier alpha value is -1.38. The number of benzene rings is 1. The Kier molecular flexibility index (Phi) is 4.13. The fourth-order valence-electron chi connectivity index (χ4n) is 1.68. The van der Waals surface area contributed by atoms with Gasteiger partial charge in [-0.1, -0.05) is 42.5 Å². The highest BCUT2D eigenvalue weighted by Gasteiger charge is 2.05. The minimum atomic E-state index is 0.960. The SMILES string of the molecule is CN(C)C/C=C(\c1ccccc1)c1cccs1. The first-order chi connectivity index (χ1) is 8.27. The molecule has 0 aliphatic carbocycles. The minimum Gasteiger partial charge on any atom is -0.306 e. The smallest absolute Gasteiger partial charge is 0.0345 e. The van der Waals surface area contributed by atoms with Gasteiger partial charge >= 0.3 is 0 Å². The molecule has 1 nitrogen and oxygen atoms in total. The lowest BCUT2D eigenvalue weighted by molar-refractivity contribution is 0.457. The summed E-state index contributed by atoms with van der Waals surface area (Å²) in [4.78, 5) is 3.51. The van der Waals surface area contributed by atoms with Crippen molar-refractivity contribution in [3.05, 3.63) is 64.4 Å². The van der Waals surface area contributed by atoms with Crippen LogP contribution < -0.4 is 0 Å². The number of hydrogen-bond acceptors (Lipinski definition) is 2. The van der Waals surface area contributed by atoms with E-state index < -0.39 is 0 Å². The summed E-state index contributed by atoms with van der Waals surface area (Å²) in [5.74, 6) is 0. The Morgan fingerprint density at radius 1 is 1.12 bits per heavy atom. The van der Waals surface area contributed by atoms with Gasteiger partial charge in [0.15, 0.2) is 0 Å².